The zero-order valence-corrected chi connectivity index (χ0v) is 15.9. The summed E-state index contributed by atoms with van der Waals surface area (Å²) >= 11 is 1.83. The van der Waals surface area contributed by atoms with Crippen LogP contribution in [0.15, 0.2) is 29.3 Å². The second-order valence-electron chi connectivity index (χ2n) is 5.90. The molecule has 1 aliphatic rings. The third-order valence-corrected chi connectivity index (χ3v) is 4.98. The predicted molar refractivity (Wildman–Crippen MR) is 104 cm³/mol. The number of nitrogens with one attached hydrogen (secondary N) is 2. The maximum Gasteiger partial charge on any atom is 0.191 e. The molecular weight excluding hydrogens is 320 g/mol. The molecule has 0 aliphatic carbocycles. The summed E-state index contributed by atoms with van der Waals surface area (Å²) in [6, 6.07) is 8.80. The Balaban J connectivity index is 2.00. The predicted octanol–water partition coefficient (Wildman–Crippen LogP) is 2.36. The van der Waals surface area contributed by atoms with Crippen LogP contribution in [0.1, 0.15) is 24.4 Å². The summed E-state index contributed by atoms with van der Waals surface area (Å²) in [4.78, 5) is 6.89. The van der Waals surface area contributed by atoms with E-state index in [0.29, 0.717) is 6.04 Å². The molecule has 2 rings (SSSR count). The molecule has 2 N–H and O–H groups in total. The molecule has 1 heterocycles. The van der Waals surface area contributed by atoms with Crippen LogP contribution >= 0.6 is 11.8 Å². The molecule has 0 radical (unpaired) electrons. The minimum Gasteiger partial charge on any atom is -0.497 e. The fourth-order valence-electron chi connectivity index (χ4n) is 3.02. The van der Waals surface area contributed by atoms with E-state index in [-0.39, 0.29) is 0 Å². The highest BCUT2D eigenvalue weighted by Gasteiger charge is 2.23. The summed E-state index contributed by atoms with van der Waals surface area (Å²) < 4.78 is 5.28. The molecule has 6 heteroatoms. The topological polar surface area (TPSA) is 48.9 Å². The van der Waals surface area contributed by atoms with Gasteiger partial charge in [0.25, 0.3) is 0 Å². The molecule has 5 nitrogen and oxygen atoms in total. The van der Waals surface area contributed by atoms with E-state index in [9.17, 15) is 0 Å². The summed E-state index contributed by atoms with van der Waals surface area (Å²) in [7, 11) is 3.53. The number of likely N-dealkylation sites (tertiary alicyclic amines) is 1. The van der Waals surface area contributed by atoms with E-state index in [0.717, 1.165) is 43.6 Å². The molecule has 24 heavy (non-hydrogen) atoms. The second-order valence-corrected chi connectivity index (χ2v) is 6.89. The molecule has 1 atom stereocenters. The van der Waals surface area contributed by atoms with Crippen molar-refractivity contribution >= 4 is 17.7 Å². The summed E-state index contributed by atoms with van der Waals surface area (Å²) in [5.74, 6) is 2.86. The zero-order valence-electron chi connectivity index (χ0n) is 15.0. The quantitative estimate of drug-likeness (QED) is 0.428. The number of hydrogen-bond acceptors (Lipinski definition) is 4. The zero-order chi connectivity index (χ0) is 17.2. The van der Waals surface area contributed by atoms with Crippen molar-refractivity contribution in [3.8, 4) is 5.75 Å². The first-order chi connectivity index (χ1) is 11.8. The van der Waals surface area contributed by atoms with Crippen molar-refractivity contribution in [2.75, 3.05) is 52.3 Å². The van der Waals surface area contributed by atoms with Crippen LogP contribution in [-0.2, 0) is 0 Å². The van der Waals surface area contributed by atoms with Crippen LogP contribution < -0.4 is 15.4 Å². The van der Waals surface area contributed by atoms with Gasteiger partial charge in [-0.3, -0.25) is 9.89 Å². The van der Waals surface area contributed by atoms with Gasteiger partial charge in [-0.05, 0) is 49.9 Å². The number of nitrogens with zero attached hydrogens (tertiary/aromatic N) is 2. The van der Waals surface area contributed by atoms with Crippen molar-refractivity contribution in [2.24, 2.45) is 4.99 Å². The van der Waals surface area contributed by atoms with Gasteiger partial charge in [0.2, 0.25) is 0 Å². The average molecular weight is 351 g/mol. The smallest absolute Gasteiger partial charge is 0.191 e. The van der Waals surface area contributed by atoms with Crippen LogP contribution in [0, 0.1) is 0 Å². The summed E-state index contributed by atoms with van der Waals surface area (Å²) in [6.45, 7) is 4.11. The highest BCUT2D eigenvalue weighted by atomic mass is 32.2. The fraction of sp³-hybridized carbons (Fsp3) is 0.611. The Morgan fingerprint density at radius 1 is 1.25 bits per heavy atom. The van der Waals surface area contributed by atoms with Gasteiger partial charge in [-0.1, -0.05) is 12.1 Å². The van der Waals surface area contributed by atoms with Crippen molar-refractivity contribution in [3.05, 3.63) is 29.8 Å². The lowest BCUT2D eigenvalue weighted by Crippen LogP contribution is -2.43. The van der Waals surface area contributed by atoms with Gasteiger partial charge in [-0.25, -0.2) is 0 Å². The first-order valence-corrected chi connectivity index (χ1v) is 9.99. The molecular formula is C18H30N4OS. The number of guanidine groups is 1. The Morgan fingerprint density at radius 3 is 2.54 bits per heavy atom. The van der Waals surface area contributed by atoms with Gasteiger partial charge < -0.3 is 15.4 Å². The van der Waals surface area contributed by atoms with Gasteiger partial charge in [0, 0.05) is 25.9 Å². The molecule has 0 saturated carbocycles. The molecule has 1 aromatic carbocycles. The minimum atomic E-state index is 0.359. The maximum absolute atomic E-state index is 5.28. The van der Waals surface area contributed by atoms with Crippen LogP contribution in [0.5, 0.6) is 5.75 Å². The summed E-state index contributed by atoms with van der Waals surface area (Å²) in [6.07, 6.45) is 4.69. The van der Waals surface area contributed by atoms with E-state index in [2.05, 4.69) is 38.9 Å². The van der Waals surface area contributed by atoms with Crippen LogP contribution in [0.3, 0.4) is 0 Å². The average Bonchev–Trinajstić information content (AvgIpc) is 3.15. The number of hydrogen-bond donors (Lipinski definition) is 2. The van der Waals surface area contributed by atoms with Crippen molar-refractivity contribution in [1.82, 2.24) is 15.5 Å². The lowest BCUT2D eigenvalue weighted by atomic mass is 10.1. The SMILES string of the molecule is CN=C(NCCSC)NCC(c1ccc(OC)cc1)N1CCCC1. The Kier molecular flexibility index (Phi) is 8.25. The summed E-state index contributed by atoms with van der Waals surface area (Å²) in [5, 5.41) is 6.85. The Morgan fingerprint density at radius 2 is 1.96 bits per heavy atom. The second kappa shape index (κ2) is 10.5. The molecule has 1 fully saturated rings. The molecule has 0 aromatic heterocycles. The van der Waals surface area contributed by atoms with Gasteiger partial charge in [0.1, 0.15) is 5.75 Å². The normalized spacial score (nSPS) is 16.9. The van der Waals surface area contributed by atoms with Gasteiger partial charge >= 0.3 is 0 Å². The van der Waals surface area contributed by atoms with Gasteiger partial charge in [0.15, 0.2) is 5.96 Å². The van der Waals surface area contributed by atoms with Gasteiger partial charge in [-0.2, -0.15) is 11.8 Å². The Labute approximate surface area is 150 Å². The van der Waals surface area contributed by atoms with Gasteiger partial charge in [-0.15, -0.1) is 0 Å². The Hall–Kier alpha value is -1.40. The molecule has 0 amide bonds. The molecule has 1 aromatic rings. The van der Waals surface area contributed by atoms with E-state index in [1.54, 1.807) is 7.11 Å². The fourth-order valence-corrected chi connectivity index (χ4v) is 3.33. The number of rotatable bonds is 8. The Bertz CT molecular complexity index is 500. The molecule has 1 aliphatic heterocycles. The number of benzene rings is 1. The molecule has 1 saturated heterocycles. The third-order valence-electron chi connectivity index (χ3n) is 4.37. The molecule has 0 bridgehead atoms. The molecule has 134 valence electrons. The van der Waals surface area contributed by atoms with Gasteiger partial charge in [0.05, 0.1) is 13.2 Å². The monoisotopic (exact) mass is 350 g/mol. The van der Waals surface area contributed by atoms with E-state index in [4.69, 9.17) is 4.74 Å². The number of thioether (sulfide) groups is 1. The first-order valence-electron chi connectivity index (χ1n) is 8.60. The minimum absolute atomic E-state index is 0.359. The lowest BCUT2D eigenvalue weighted by molar-refractivity contribution is 0.245. The van der Waals surface area contributed by atoms with E-state index < -0.39 is 0 Å². The third kappa shape index (κ3) is 5.60. The largest absolute Gasteiger partial charge is 0.497 e. The number of methoxy groups -OCH3 is 1. The van der Waals surface area contributed by atoms with Crippen LogP contribution in [0.2, 0.25) is 0 Å². The lowest BCUT2D eigenvalue weighted by Gasteiger charge is -2.29. The summed E-state index contributed by atoms with van der Waals surface area (Å²) in [5.41, 5.74) is 1.32. The van der Waals surface area contributed by atoms with Crippen molar-refractivity contribution in [1.29, 1.82) is 0 Å². The van der Waals surface area contributed by atoms with Crippen molar-refractivity contribution < 1.29 is 4.74 Å². The van der Waals surface area contributed by atoms with Crippen LogP contribution in [0.4, 0.5) is 0 Å². The van der Waals surface area contributed by atoms with E-state index in [1.807, 2.05) is 30.9 Å². The standard InChI is InChI=1S/C18H30N4OS/c1-19-18(20-10-13-24-3)21-14-17(22-11-4-5-12-22)15-6-8-16(23-2)9-7-15/h6-9,17H,4-5,10-14H2,1-3H3,(H2,19,20,21). The molecule has 0 spiro atoms. The van der Waals surface area contributed by atoms with Crippen molar-refractivity contribution in [3.63, 3.8) is 0 Å². The van der Waals surface area contributed by atoms with E-state index in [1.165, 1.54) is 18.4 Å². The van der Waals surface area contributed by atoms with Crippen LogP contribution in [0.25, 0.3) is 0 Å². The van der Waals surface area contributed by atoms with Crippen molar-refractivity contribution in [2.45, 2.75) is 18.9 Å². The first kappa shape index (κ1) is 18.9. The van der Waals surface area contributed by atoms with Crippen LogP contribution in [-0.4, -0.2) is 63.2 Å². The number of aliphatic imine (C=N–C) groups is 1. The maximum atomic E-state index is 5.28. The number of ether oxygens (including phenoxy) is 1. The highest BCUT2D eigenvalue weighted by Crippen LogP contribution is 2.26. The van der Waals surface area contributed by atoms with E-state index >= 15 is 0 Å². The molecule has 1 unspecified atom stereocenters. The highest BCUT2D eigenvalue weighted by molar-refractivity contribution is 7.98.